The summed E-state index contributed by atoms with van der Waals surface area (Å²) in [5.41, 5.74) is 2.34. The van der Waals surface area contributed by atoms with Gasteiger partial charge in [-0.25, -0.2) is 21.5 Å². The number of fused-ring (bicyclic) bond motifs is 1. The molecule has 4 aromatic rings. The number of aryl methyl sites for hydroxylation is 1. The van der Waals surface area contributed by atoms with Crippen LogP contribution in [0.5, 0.6) is 11.5 Å². The van der Waals surface area contributed by atoms with Gasteiger partial charge in [-0.2, -0.15) is 0 Å². The summed E-state index contributed by atoms with van der Waals surface area (Å²) in [6.45, 7) is 0.871. The Morgan fingerprint density at radius 3 is 2.58 bits per heavy atom. The van der Waals surface area contributed by atoms with Crippen LogP contribution in [-0.2, 0) is 24.4 Å². The zero-order valence-electron chi connectivity index (χ0n) is 19.5. The third-order valence-corrected chi connectivity index (χ3v) is 7.22. The Bertz CT molecular complexity index is 1570. The van der Waals surface area contributed by atoms with Crippen molar-refractivity contribution in [1.82, 2.24) is 13.9 Å². The third kappa shape index (κ3) is 5.05. The molecule has 0 radical (unpaired) electrons. The number of ether oxygens (including phenoxy) is 1. The molecule has 2 aromatic carbocycles. The fourth-order valence-corrected chi connectivity index (χ4v) is 4.92. The van der Waals surface area contributed by atoms with Gasteiger partial charge < -0.3 is 14.3 Å². The van der Waals surface area contributed by atoms with Gasteiger partial charge in [-0.15, -0.1) is 0 Å². The molecule has 0 bridgehead atoms. The maximum Gasteiger partial charge on any atom is 0.274 e. The van der Waals surface area contributed by atoms with E-state index in [9.17, 15) is 22.0 Å². The van der Waals surface area contributed by atoms with E-state index in [0.29, 0.717) is 53.2 Å². The van der Waals surface area contributed by atoms with Crippen molar-refractivity contribution in [2.75, 3.05) is 13.1 Å². The molecule has 1 fully saturated rings. The Labute approximate surface area is 208 Å². The van der Waals surface area contributed by atoms with E-state index in [-0.39, 0.29) is 11.3 Å². The first-order valence-corrected chi connectivity index (χ1v) is 12.8. The first-order valence-electron chi connectivity index (χ1n) is 11.6. The van der Waals surface area contributed by atoms with Gasteiger partial charge in [-0.05, 0) is 61.1 Å². The molecule has 0 unspecified atom stereocenters. The highest BCUT2D eigenvalue weighted by molar-refractivity contribution is 7.69. The second-order valence-electron chi connectivity index (χ2n) is 9.08. The highest BCUT2D eigenvalue weighted by Gasteiger charge is 2.25. The Morgan fingerprint density at radius 1 is 1.08 bits per heavy atom. The number of halogens is 2. The molecular weight excluding hydrogens is 488 g/mol. The fraction of sp³-hybridized carbons (Fsp3) is 0.269. The van der Waals surface area contributed by atoms with Crippen LogP contribution >= 0.6 is 0 Å². The van der Waals surface area contributed by atoms with Gasteiger partial charge in [-0.1, -0.05) is 6.07 Å². The second-order valence-corrected chi connectivity index (χ2v) is 10.1. The summed E-state index contributed by atoms with van der Waals surface area (Å²) in [4.78, 5) is 15.5. The van der Waals surface area contributed by atoms with Crippen LogP contribution in [0.25, 0.3) is 22.0 Å². The summed E-state index contributed by atoms with van der Waals surface area (Å²) in [6, 6.07) is 10.2. The predicted octanol–water partition coefficient (Wildman–Crippen LogP) is 4.39. The van der Waals surface area contributed by atoms with Crippen LogP contribution in [0, 0.1) is 17.6 Å². The first-order chi connectivity index (χ1) is 17.3. The molecule has 1 saturated carbocycles. The van der Waals surface area contributed by atoms with Crippen LogP contribution in [-0.4, -0.2) is 35.4 Å². The maximum absolute atomic E-state index is 14.4. The minimum atomic E-state index is -2.68. The van der Waals surface area contributed by atoms with Crippen LogP contribution in [0.15, 0.2) is 59.7 Å². The number of hydrogen-bond acceptors (Lipinski definition) is 4. The van der Waals surface area contributed by atoms with Crippen molar-refractivity contribution in [1.29, 1.82) is 0 Å². The minimum Gasteiger partial charge on any atom is -0.454 e. The van der Waals surface area contributed by atoms with Crippen molar-refractivity contribution in [3.05, 3.63) is 82.4 Å². The molecule has 2 heterocycles. The lowest BCUT2D eigenvalue weighted by Crippen LogP contribution is -2.26. The lowest BCUT2D eigenvalue weighted by Gasteiger charge is -2.17. The third-order valence-electron chi connectivity index (χ3n) is 6.40. The molecule has 2 aromatic heterocycles. The fourth-order valence-electron chi connectivity index (χ4n) is 4.29. The van der Waals surface area contributed by atoms with Crippen molar-refractivity contribution < 1.29 is 21.9 Å². The number of aromatic nitrogens is 2. The molecule has 1 aliphatic rings. The van der Waals surface area contributed by atoms with Crippen LogP contribution in [0.1, 0.15) is 18.4 Å². The van der Waals surface area contributed by atoms with E-state index in [1.165, 1.54) is 14.9 Å². The van der Waals surface area contributed by atoms with Crippen molar-refractivity contribution in [2.45, 2.75) is 19.3 Å². The highest BCUT2D eigenvalue weighted by atomic mass is 32.2. The van der Waals surface area contributed by atoms with Crippen molar-refractivity contribution >= 4 is 21.8 Å². The Balaban J connectivity index is 1.56. The Hall–Kier alpha value is -3.50. The van der Waals surface area contributed by atoms with Gasteiger partial charge in [-0.3, -0.25) is 4.79 Å². The van der Waals surface area contributed by atoms with Gasteiger partial charge in [0, 0.05) is 55.1 Å². The average molecular weight is 514 g/mol. The zero-order chi connectivity index (χ0) is 25.4. The maximum atomic E-state index is 14.4. The molecule has 7 nitrogen and oxygen atoms in total. The zero-order valence-corrected chi connectivity index (χ0v) is 20.4. The van der Waals surface area contributed by atoms with E-state index in [2.05, 4.69) is 4.98 Å². The second kappa shape index (κ2) is 9.87. The Morgan fingerprint density at radius 2 is 1.86 bits per heavy atom. The number of H-pyrrole nitrogens is 1. The summed E-state index contributed by atoms with van der Waals surface area (Å²) >= 11 is 0. The lowest BCUT2D eigenvalue weighted by molar-refractivity contribution is 0.412. The summed E-state index contributed by atoms with van der Waals surface area (Å²) in [6.07, 6.45) is 5.92. The van der Waals surface area contributed by atoms with Crippen LogP contribution in [0.2, 0.25) is 0 Å². The molecule has 1 N–H and O–H groups in total. The van der Waals surface area contributed by atoms with Gasteiger partial charge in [0.25, 0.3) is 5.56 Å². The number of hydrogen-bond donors (Lipinski definition) is 2. The molecule has 0 aliphatic heterocycles. The van der Waals surface area contributed by atoms with Crippen LogP contribution in [0.3, 0.4) is 0 Å². The minimum absolute atomic E-state index is 0.139. The molecule has 0 saturated heterocycles. The van der Waals surface area contributed by atoms with E-state index < -0.39 is 22.5 Å². The summed E-state index contributed by atoms with van der Waals surface area (Å²) < 4.78 is 60.0. The molecule has 188 valence electrons. The number of rotatable bonds is 9. The molecule has 0 amide bonds. The topological polar surface area (TPSA) is 84.4 Å². The molecule has 0 atom stereocenters. The summed E-state index contributed by atoms with van der Waals surface area (Å²) in [5, 5.41) is 0.665. The smallest absolute Gasteiger partial charge is 0.274 e. The standard InChI is InChI=1S/C26H25F2N3O4S/c1-30-15-21(19-8-10-29-25(19)26(30)32)20-12-16(9-11-31(36(33)34)14-17-2-3-17)4-6-23(20)35-24-7-5-18(27)13-22(24)28/h4-8,10,12-13,15,17,29,36H,2-3,9,11,14H2,1H3. The molecule has 5 rings (SSSR count). The van der Waals surface area contributed by atoms with E-state index in [4.69, 9.17) is 4.74 Å². The number of benzene rings is 2. The number of thiol groups is 1. The molecule has 1 aliphatic carbocycles. The number of nitrogens with one attached hydrogen (secondary N) is 1. The van der Waals surface area contributed by atoms with Gasteiger partial charge in [0.1, 0.15) is 17.1 Å². The van der Waals surface area contributed by atoms with Gasteiger partial charge >= 0.3 is 0 Å². The number of aromatic amines is 1. The molecule has 0 spiro atoms. The molecular formula is C26H25F2N3O4S. The van der Waals surface area contributed by atoms with Crippen LogP contribution < -0.4 is 10.3 Å². The normalized spacial score (nSPS) is 13.7. The molecule has 36 heavy (non-hydrogen) atoms. The number of pyridine rings is 1. The van der Waals surface area contributed by atoms with Crippen LogP contribution in [0.4, 0.5) is 8.78 Å². The summed E-state index contributed by atoms with van der Waals surface area (Å²) in [7, 11) is -1.05. The van der Waals surface area contributed by atoms with Crippen molar-refractivity contribution in [2.24, 2.45) is 13.0 Å². The largest absolute Gasteiger partial charge is 0.454 e. The van der Waals surface area contributed by atoms with Gasteiger partial charge in [0.05, 0.1) is 0 Å². The van der Waals surface area contributed by atoms with E-state index in [0.717, 1.165) is 30.5 Å². The monoisotopic (exact) mass is 513 g/mol. The average Bonchev–Trinajstić information content (AvgIpc) is 3.53. The van der Waals surface area contributed by atoms with E-state index in [1.54, 1.807) is 37.6 Å². The highest BCUT2D eigenvalue weighted by Crippen LogP contribution is 2.38. The van der Waals surface area contributed by atoms with Gasteiger partial charge in [0.15, 0.2) is 11.6 Å². The van der Waals surface area contributed by atoms with E-state index >= 15 is 0 Å². The molecule has 10 heteroatoms. The first kappa shape index (κ1) is 24.2. The van der Waals surface area contributed by atoms with Gasteiger partial charge in [0.2, 0.25) is 10.9 Å². The summed E-state index contributed by atoms with van der Waals surface area (Å²) in [5.74, 6) is -0.945. The Kier molecular flexibility index (Phi) is 6.63. The van der Waals surface area contributed by atoms with Crippen molar-refractivity contribution in [3.8, 4) is 22.6 Å². The SMILES string of the molecule is Cn1cc(-c2cc(CCN(CC3CC3)[SH](=O)=O)ccc2Oc2ccc(F)cc2F)c2cc[nH]c2c1=O. The number of nitrogens with zero attached hydrogens (tertiary/aromatic N) is 2. The van der Waals surface area contributed by atoms with E-state index in [1.807, 2.05) is 6.07 Å². The predicted molar refractivity (Wildman–Crippen MR) is 134 cm³/mol. The quantitative estimate of drug-likeness (QED) is 0.325. The van der Waals surface area contributed by atoms with Crippen molar-refractivity contribution in [3.63, 3.8) is 0 Å². The lowest BCUT2D eigenvalue weighted by atomic mass is 9.99.